The number of carbonyl (C=O) groups is 2. The van der Waals surface area contributed by atoms with Crippen molar-refractivity contribution < 1.29 is 14.5 Å². The van der Waals surface area contributed by atoms with Crippen molar-refractivity contribution in [3.05, 3.63) is 33.9 Å². The van der Waals surface area contributed by atoms with E-state index in [1.807, 2.05) is 11.8 Å². The van der Waals surface area contributed by atoms with Crippen LogP contribution in [0.1, 0.15) is 51.0 Å². The van der Waals surface area contributed by atoms with Crippen LogP contribution >= 0.6 is 11.8 Å². The van der Waals surface area contributed by atoms with Gasteiger partial charge in [-0.15, -0.1) is 11.8 Å². The first-order valence-corrected chi connectivity index (χ1v) is 10.9. The summed E-state index contributed by atoms with van der Waals surface area (Å²) in [6.07, 6.45) is 5.97. The lowest BCUT2D eigenvalue weighted by atomic mass is 10.2. The largest absolute Gasteiger partial charge is 0.342 e. The minimum Gasteiger partial charge on any atom is -0.342 e. The van der Waals surface area contributed by atoms with Crippen LogP contribution in [-0.2, 0) is 9.59 Å². The van der Waals surface area contributed by atoms with E-state index < -0.39 is 4.92 Å². The molecule has 2 rings (SSSR count). The average Bonchev–Trinajstić information content (AvgIpc) is 2.95. The van der Waals surface area contributed by atoms with Crippen LogP contribution in [0, 0.1) is 17.0 Å². The summed E-state index contributed by atoms with van der Waals surface area (Å²) in [5.74, 6) is -0.125. The lowest BCUT2D eigenvalue weighted by molar-refractivity contribution is -0.384. The SMILES string of the molecule is CCCC(SCC(=O)Nc1ccc(C)cc1[N+](=O)[O-])C(=O)N1CCCCCC1. The van der Waals surface area contributed by atoms with Crippen molar-refractivity contribution in [2.24, 2.45) is 0 Å². The number of nitro groups is 1. The smallest absolute Gasteiger partial charge is 0.293 e. The Labute approximate surface area is 170 Å². The van der Waals surface area contributed by atoms with Crippen LogP contribution in [0.2, 0.25) is 0 Å². The Bertz CT molecular complexity index is 703. The molecule has 0 bridgehead atoms. The molecule has 1 N–H and O–H groups in total. The van der Waals surface area contributed by atoms with Crippen LogP contribution in [0.25, 0.3) is 0 Å². The van der Waals surface area contributed by atoms with Gasteiger partial charge in [0.1, 0.15) is 5.69 Å². The van der Waals surface area contributed by atoms with Gasteiger partial charge in [-0.3, -0.25) is 19.7 Å². The molecule has 0 saturated carbocycles. The van der Waals surface area contributed by atoms with E-state index in [0.29, 0.717) is 0 Å². The molecule has 7 nitrogen and oxygen atoms in total. The van der Waals surface area contributed by atoms with Crippen molar-refractivity contribution in [2.75, 3.05) is 24.2 Å². The molecule has 1 aromatic rings. The number of aryl methyl sites for hydroxylation is 1. The van der Waals surface area contributed by atoms with Crippen molar-refractivity contribution in [1.29, 1.82) is 0 Å². The standard InChI is InChI=1S/C20H29N3O4S/c1-3-8-18(20(25)22-11-6-4-5-7-12-22)28-14-19(24)21-16-10-9-15(2)13-17(16)23(26)27/h9-10,13,18H,3-8,11-12,14H2,1-2H3,(H,21,24). The van der Waals surface area contributed by atoms with Crippen molar-refractivity contribution in [3.8, 4) is 0 Å². The van der Waals surface area contributed by atoms with E-state index in [4.69, 9.17) is 0 Å². The normalized spacial score (nSPS) is 15.6. The summed E-state index contributed by atoms with van der Waals surface area (Å²) in [5.41, 5.74) is 0.821. The van der Waals surface area contributed by atoms with E-state index >= 15 is 0 Å². The first kappa shape index (κ1) is 22.2. The van der Waals surface area contributed by atoms with Crippen LogP contribution in [0.3, 0.4) is 0 Å². The summed E-state index contributed by atoms with van der Waals surface area (Å²) in [6, 6.07) is 4.70. The fourth-order valence-electron chi connectivity index (χ4n) is 3.30. The molecule has 2 amide bonds. The average molecular weight is 408 g/mol. The molecule has 154 valence electrons. The Hall–Kier alpha value is -2.09. The summed E-state index contributed by atoms with van der Waals surface area (Å²) < 4.78 is 0. The second-order valence-corrected chi connectivity index (χ2v) is 8.34. The minimum atomic E-state index is -0.501. The van der Waals surface area contributed by atoms with E-state index in [1.165, 1.54) is 17.8 Å². The van der Waals surface area contributed by atoms with Gasteiger partial charge in [-0.25, -0.2) is 0 Å². The highest BCUT2D eigenvalue weighted by Crippen LogP contribution is 2.26. The molecule has 1 fully saturated rings. The number of hydrogen-bond donors (Lipinski definition) is 1. The van der Waals surface area contributed by atoms with Gasteiger partial charge < -0.3 is 10.2 Å². The Morgan fingerprint density at radius 2 is 1.93 bits per heavy atom. The zero-order chi connectivity index (χ0) is 20.5. The fourth-order valence-corrected chi connectivity index (χ4v) is 4.41. The highest BCUT2D eigenvalue weighted by atomic mass is 32.2. The molecule has 1 atom stereocenters. The second kappa shape index (κ2) is 11.0. The maximum atomic E-state index is 12.9. The van der Waals surface area contributed by atoms with Crippen LogP contribution in [0.15, 0.2) is 18.2 Å². The zero-order valence-electron chi connectivity index (χ0n) is 16.6. The number of nitrogens with zero attached hydrogens (tertiary/aromatic N) is 2. The monoisotopic (exact) mass is 407 g/mol. The number of nitro benzene ring substituents is 1. The number of anilines is 1. The summed E-state index contributed by atoms with van der Waals surface area (Å²) in [5, 5.41) is 13.6. The molecular formula is C20H29N3O4S. The minimum absolute atomic E-state index is 0.0925. The van der Waals surface area contributed by atoms with Crippen LogP contribution in [0.4, 0.5) is 11.4 Å². The Kier molecular flexibility index (Phi) is 8.76. The molecular weight excluding hydrogens is 378 g/mol. The number of benzene rings is 1. The van der Waals surface area contributed by atoms with E-state index in [0.717, 1.165) is 57.2 Å². The Morgan fingerprint density at radius 3 is 2.54 bits per heavy atom. The number of carbonyl (C=O) groups excluding carboxylic acids is 2. The molecule has 1 aliphatic heterocycles. The first-order chi connectivity index (χ1) is 13.4. The summed E-state index contributed by atoms with van der Waals surface area (Å²) in [4.78, 5) is 37.9. The molecule has 0 aliphatic carbocycles. The molecule has 0 spiro atoms. The van der Waals surface area contributed by atoms with Gasteiger partial charge in [-0.2, -0.15) is 0 Å². The van der Waals surface area contributed by atoms with Gasteiger partial charge in [0.05, 0.1) is 15.9 Å². The highest BCUT2D eigenvalue weighted by molar-refractivity contribution is 8.01. The number of thioether (sulfide) groups is 1. The Morgan fingerprint density at radius 1 is 1.25 bits per heavy atom. The van der Waals surface area contributed by atoms with Crippen LogP contribution in [0.5, 0.6) is 0 Å². The van der Waals surface area contributed by atoms with Gasteiger partial charge in [-0.1, -0.05) is 32.3 Å². The predicted molar refractivity (Wildman–Crippen MR) is 113 cm³/mol. The van der Waals surface area contributed by atoms with Crippen molar-refractivity contribution in [2.45, 2.75) is 57.6 Å². The second-order valence-electron chi connectivity index (χ2n) is 7.15. The van der Waals surface area contributed by atoms with Crippen LogP contribution < -0.4 is 5.32 Å². The number of hydrogen-bond acceptors (Lipinski definition) is 5. The van der Waals surface area contributed by atoms with Gasteiger partial charge in [0.25, 0.3) is 5.69 Å². The zero-order valence-corrected chi connectivity index (χ0v) is 17.4. The molecule has 8 heteroatoms. The fraction of sp³-hybridized carbons (Fsp3) is 0.600. The van der Waals surface area contributed by atoms with Gasteiger partial charge in [0.15, 0.2) is 0 Å². The van der Waals surface area contributed by atoms with Crippen molar-refractivity contribution in [1.82, 2.24) is 4.90 Å². The third-order valence-corrected chi connectivity index (χ3v) is 6.05. The van der Waals surface area contributed by atoms with Gasteiger partial charge in [0, 0.05) is 19.2 Å². The predicted octanol–water partition coefficient (Wildman–Crippen LogP) is 4.15. The van der Waals surface area contributed by atoms with Crippen LogP contribution in [-0.4, -0.2) is 45.7 Å². The lowest BCUT2D eigenvalue weighted by Gasteiger charge is -2.25. The summed E-state index contributed by atoms with van der Waals surface area (Å²) >= 11 is 1.33. The number of likely N-dealkylation sites (tertiary alicyclic amines) is 1. The maximum absolute atomic E-state index is 12.9. The number of rotatable bonds is 8. The highest BCUT2D eigenvalue weighted by Gasteiger charge is 2.26. The van der Waals surface area contributed by atoms with E-state index in [2.05, 4.69) is 5.32 Å². The third kappa shape index (κ3) is 6.51. The van der Waals surface area contributed by atoms with Gasteiger partial charge >= 0.3 is 0 Å². The van der Waals surface area contributed by atoms with E-state index in [9.17, 15) is 19.7 Å². The van der Waals surface area contributed by atoms with Crippen molar-refractivity contribution >= 4 is 35.0 Å². The number of nitrogens with one attached hydrogen (secondary N) is 1. The molecule has 1 saturated heterocycles. The topological polar surface area (TPSA) is 92.5 Å². The van der Waals surface area contributed by atoms with E-state index in [-0.39, 0.29) is 34.2 Å². The van der Waals surface area contributed by atoms with Crippen molar-refractivity contribution in [3.63, 3.8) is 0 Å². The number of amides is 2. The molecule has 28 heavy (non-hydrogen) atoms. The maximum Gasteiger partial charge on any atom is 0.293 e. The van der Waals surface area contributed by atoms with Gasteiger partial charge in [-0.05, 0) is 37.8 Å². The molecule has 1 heterocycles. The third-order valence-electron chi connectivity index (χ3n) is 4.78. The summed E-state index contributed by atoms with van der Waals surface area (Å²) in [7, 11) is 0. The lowest BCUT2D eigenvalue weighted by Crippen LogP contribution is -2.39. The van der Waals surface area contributed by atoms with E-state index in [1.54, 1.807) is 19.1 Å². The molecule has 1 aromatic carbocycles. The first-order valence-electron chi connectivity index (χ1n) is 9.87. The summed E-state index contributed by atoms with van der Waals surface area (Å²) in [6.45, 7) is 5.37. The molecule has 0 radical (unpaired) electrons. The Balaban J connectivity index is 1.96. The molecule has 0 aromatic heterocycles. The molecule has 1 aliphatic rings. The molecule has 1 unspecified atom stereocenters. The van der Waals surface area contributed by atoms with Gasteiger partial charge in [0.2, 0.25) is 11.8 Å². The quantitative estimate of drug-likeness (QED) is 0.516.